The molecule has 0 bridgehead atoms. The van der Waals surface area contributed by atoms with E-state index >= 15 is 0 Å². The third-order valence-corrected chi connectivity index (χ3v) is 3.95. The number of aryl methyl sites for hydroxylation is 1. The summed E-state index contributed by atoms with van der Waals surface area (Å²) in [4.78, 5) is 21.0. The second-order valence-electron chi connectivity index (χ2n) is 5.53. The van der Waals surface area contributed by atoms with Crippen LogP contribution in [0.2, 0.25) is 0 Å². The average molecular weight is 280 g/mol. The first-order valence-electron chi connectivity index (χ1n) is 6.99. The molecule has 0 aliphatic carbocycles. The van der Waals surface area contributed by atoms with Gasteiger partial charge in [0.05, 0.1) is 18.6 Å². The molecule has 0 unspecified atom stereocenters. The van der Waals surface area contributed by atoms with Gasteiger partial charge in [-0.2, -0.15) is 0 Å². The minimum Gasteiger partial charge on any atom is -0.384 e. The summed E-state index contributed by atoms with van der Waals surface area (Å²) in [5.74, 6) is 1.08. The minimum absolute atomic E-state index is 0.0922. The maximum Gasteiger partial charge on any atom is 0.227 e. The molecule has 0 radical (unpaired) electrons. The van der Waals surface area contributed by atoms with Crippen molar-refractivity contribution in [3.05, 3.63) is 18.2 Å². The fraction of sp³-hybridized carbons (Fsp3) is 0.714. The lowest BCUT2D eigenvalue weighted by atomic mass is 10.1. The summed E-state index contributed by atoms with van der Waals surface area (Å²) in [6.07, 6.45) is 3.75. The number of piperazine rings is 1. The predicted molar refractivity (Wildman–Crippen MR) is 76.2 cm³/mol. The molecular formula is C14H24N4O2. The molecule has 20 heavy (non-hydrogen) atoms. The summed E-state index contributed by atoms with van der Waals surface area (Å²) >= 11 is 0. The maximum absolute atomic E-state index is 12.4. The zero-order chi connectivity index (χ0) is 14.7. The van der Waals surface area contributed by atoms with Crippen LogP contribution in [0.25, 0.3) is 0 Å². The van der Waals surface area contributed by atoms with E-state index in [0.29, 0.717) is 13.2 Å². The number of amides is 1. The van der Waals surface area contributed by atoms with Crippen molar-refractivity contribution in [3.63, 3.8) is 0 Å². The Morgan fingerprint density at radius 3 is 2.85 bits per heavy atom. The van der Waals surface area contributed by atoms with Gasteiger partial charge in [0.2, 0.25) is 5.91 Å². The maximum atomic E-state index is 12.4. The second kappa shape index (κ2) is 6.37. The van der Waals surface area contributed by atoms with E-state index in [4.69, 9.17) is 4.74 Å². The van der Waals surface area contributed by atoms with Gasteiger partial charge >= 0.3 is 0 Å². The zero-order valence-corrected chi connectivity index (χ0v) is 12.7. The van der Waals surface area contributed by atoms with E-state index in [-0.39, 0.29) is 17.9 Å². The molecule has 0 aromatic carbocycles. The van der Waals surface area contributed by atoms with Gasteiger partial charge in [-0.05, 0) is 7.05 Å². The average Bonchev–Trinajstić information content (AvgIpc) is 2.85. The molecule has 112 valence electrons. The monoisotopic (exact) mass is 280 g/mol. The molecule has 1 aliphatic heterocycles. The number of hydrogen-bond acceptors (Lipinski definition) is 4. The lowest BCUT2D eigenvalue weighted by molar-refractivity contribution is -0.139. The molecule has 2 atom stereocenters. The molecule has 6 heteroatoms. The highest BCUT2D eigenvalue weighted by atomic mass is 16.5. The fourth-order valence-corrected chi connectivity index (χ4v) is 2.68. The van der Waals surface area contributed by atoms with Crippen LogP contribution in [0.15, 0.2) is 12.4 Å². The van der Waals surface area contributed by atoms with Crippen molar-refractivity contribution in [2.75, 3.05) is 40.4 Å². The van der Waals surface area contributed by atoms with E-state index in [2.05, 4.69) is 16.9 Å². The lowest BCUT2D eigenvalue weighted by Gasteiger charge is -2.39. The van der Waals surface area contributed by atoms with Crippen molar-refractivity contribution in [2.45, 2.75) is 13.0 Å². The standard InChI is InChI=1S/C14H24N4O2/c1-11(10-20-4)14(19)18-8-7-16(2)12(9-18)13-15-5-6-17(13)3/h5-6,11-12H,7-10H2,1-4H3/t11-,12+/m1/s1. The van der Waals surface area contributed by atoms with Crippen LogP contribution in [-0.4, -0.2) is 65.7 Å². The molecule has 0 spiro atoms. The van der Waals surface area contributed by atoms with Crippen LogP contribution in [-0.2, 0) is 16.6 Å². The van der Waals surface area contributed by atoms with Gasteiger partial charge in [-0.25, -0.2) is 4.98 Å². The topological polar surface area (TPSA) is 50.6 Å². The number of ether oxygens (including phenoxy) is 1. The summed E-state index contributed by atoms with van der Waals surface area (Å²) in [7, 11) is 5.70. The molecule has 0 saturated carbocycles. The van der Waals surface area contributed by atoms with Gasteiger partial charge in [-0.15, -0.1) is 0 Å². The Morgan fingerprint density at radius 2 is 2.25 bits per heavy atom. The number of carbonyl (C=O) groups excluding carboxylic acids is 1. The van der Waals surface area contributed by atoms with Gasteiger partial charge in [0.15, 0.2) is 0 Å². The van der Waals surface area contributed by atoms with Crippen LogP contribution >= 0.6 is 0 Å². The molecule has 2 rings (SSSR count). The van der Waals surface area contributed by atoms with Crippen LogP contribution < -0.4 is 0 Å². The number of likely N-dealkylation sites (N-methyl/N-ethyl adjacent to an activating group) is 1. The van der Waals surface area contributed by atoms with Crippen LogP contribution in [0.4, 0.5) is 0 Å². The van der Waals surface area contributed by atoms with Crippen LogP contribution in [0.1, 0.15) is 18.8 Å². The lowest BCUT2D eigenvalue weighted by Crippen LogP contribution is -2.51. The Bertz CT molecular complexity index is 460. The first-order valence-corrected chi connectivity index (χ1v) is 6.99. The molecule has 2 heterocycles. The summed E-state index contributed by atoms with van der Waals surface area (Å²) in [6.45, 7) is 4.71. The minimum atomic E-state index is -0.0922. The Hall–Kier alpha value is -1.40. The molecule has 1 saturated heterocycles. The molecule has 0 N–H and O–H groups in total. The van der Waals surface area contributed by atoms with E-state index in [0.717, 1.165) is 18.9 Å². The van der Waals surface area contributed by atoms with Crippen molar-refractivity contribution in [2.24, 2.45) is 13.0 Å². The molecule has 1 aromatic heterocycles. The van der Waals surface area contributed by atoms with Gasteiger partial charge in [-0.1, -0.05) is 6.92 Å². The SMILES string of the molecule is COC[C@@H](C)C(=O)N1CCN(C)[C@H](c2nccn2C)C1. The van der Waals surface area contributed by atoms with E-state index in [1.807, 2.05) is 29.6 Å². The van der Waals surface area contributed by atoms with Gasteiger partial charge < -0.3 is 14.2 Å². The quantitative estimate of drug-likeness (QED) is 0.807. The highest BCUT2D eigenvalue weighted by molar-refractivity contribution is 5.78. The number of aromatic nitrogens is 2. The van der Waals surface area contributed by atoms with Crippen LogP contribution in [0.5, 0.6) is 0 Å². The van der Waals surface area contributed by atoms with Crippen molar-refractivity contribution >= 4 is 5.91 Å². The Labute approximate surface area is 120 Å². The highest BCUT2D eigenvalue weighted by Crippen LogP contribution is 2.23. The van der Waals surface area contributed by atoms with E-state index < -0.39 is 0 Å². The van der Waals surface area contributed by atoms with Crippen molar-refractivity contribution in [3.8, 4) is 0 Å². The van der Waals surface area contributed by atoms with Gasteiger partial charge in [0.1, 0.15) is 5.82 Å². The highest BCUT2D eigenvalue weighted by Gasteiger charge is 2.32. The zero-order valence-electron chi connectivity index (χ0n) is 12.7. The van der Waals surface area contributed by atoms with Crippen molar-refractivity contribution < 1.29 is 9.53 Å². The van der Waals surface area contributed by atoms with E-state index in [1.54, 1.807) is 13.3 Å². The van der Waals surface area contributed by atoms with Crippen LogP contribution in [0, 0.1) is 5.92 Å². The molecule has 6 nitrogen and oxygen atoms in total. The van der Waals surface area contributed by atoms with Gasteiger partial charge in [-0.3, -0.25) is 9.69 Å². The Morgan fingerprint density at radius 1 is 1.50 bits per heavy atom. The molecule has 1 aliphatic rings. The largest absolute Gasteiger partial charge is 0.384 e. The number of hydrogen-bond donors (Lipinski definition) is 0. The number of rotatable bonds is 4. The molecule has 1 fully saturated rings. The summed E-state index contributed by atoms with van der Waals surface area (Å²) < 4.78 is 7.10. The Balaban J connectivity index is 2.08. The summed E-state index contributed by atoms with van der Waals surface area (Å²) in [5.41, 5.74) is 0. The van der Waals surface area contributed by atoms with Gasteiger partial charge in [0.25, 0.3) is 0 Å². The molecule has 1 aromatic rings. The summed E-state index contributed by atoms with van der Waals surface area (Å²) in [6, 6.07) is 0.155. The molecule has 1 amide bonds. The second-order valence-corrected chi connectivity index (χ2v) is 5.53. The third-order valence-electron chi connectivity index (χ3n) is 3.95. The van der Waals surface area contributed by atoms with Crippen molar-refractivity contribution in [1.82, 2.24) is 19.4 Å². The van der Waals surface area contributed by atoms with Crippen LogP contribution in [0.3, 0.4) is 0 Å². The molecular weight excluding hydrogens is 256 g/mol. The van der Waals surface area contributed by atoms with E-state index in [9.17, 15) is 4.79 Å². The summed E-state index contributed by atoms with van der Waals surface area (Å²) in [5, 5.41) is 0. The number of carbonyl (C=O) groups is 1. The number of nitrogens with zero attached hydrogens (tertiary/aromatic N) is 4. The van der Waals surface area contributed by atoms with E-state index in [1.165, 1.54) is 0 Å². The van der Waals surface area contributed by atoms with Crippen molar-refractivity contribution in [1.29, 1.82) is 0 Å². The first-order chi connectivity index (χ1) is 9.54. The first kappa shape index (κ1) is 15.0. The number of methoxy groups -OCH3 is 1. The Kier molecular flexibility index (Phi) is 4.77. The number of imidazole rings is 1. The normalized spacial score (nSPS) is 22.0. The smallest absolute Gasteiger partial charge is 0.227 e. The fourth-order valence-electron chi connectivity index (χ4n) is 2.68. The third kappa shape index (κ3) is 3.02. The van der Waals surface area contributed by atoms with Gasteiger partial charge in [0, 0.05) is 46.2 Å². The predicted octanol–water partition coefficient (Wildman–Crippen LogP) is 0.518.